The number of benzodiazepines with no additional fused rings is 1. The van der Waals surface area contributed by atoms with Crippen molar-refractivity contribution in [2.45, 2.75) is 51.1 Å². The molecule has 43 heavy (non-hydrogen) atoms. The van der Waals surface area contributed by atoms with Crippen molar-refractivity contribution in [3.8, 4) is 12.8 Å². The van der Waals surface area contributed by atoms with Gasteiger partial charge in [0, 0.05) is 36.3 Å². The van der Waals surface area contributed by atoms with Crippen molar-refractivity contribution in [2.24, 2.45) is 16.6 Å². The minimum absolute atomic E-state index is 0.262. The molecule has 3 rings (SSSR count). The zero-order valence-electron chi connectivity index (χ0n) is 23.4. The predicted molar refractivity (Wildman–Crippen MR) is 155 cm³/mol. The van der Waals surface area contributed by atoms with Crippen LogP contribution in [0.5, 0.6) is 0 Å². The van der Waals surface area contributed by atoms with Crippen LogP contribution in [0, 0.1) is 18.8 Å². The number of terminal acetylenes is 1. The monoisotopic (exact) mass is 630 g/mol. The number of hydrogen-bond donors (Lipinski definition) is 2. The highest BCUT2D eigenvalue weighted by Gasteiger charge is 2.36. The van der Waals surface area contributed by atoms with Crippen molar-refractivity contribution < 1.29 is 40.7 Å². The number of thioether (sulfide) groups is 1. The fourth-order valence-corrected chi connectivity index (χ4v) is 4.30. The number of carbonyl (C=O) groups is 3. The van der Waals surface area contributed by atoms with Crippen molar-refractivity contribution in [3.63, 3.8) is 0 Å². The Bertz CT molecular complexity index is 1270. The summed E-state index contributed by atoms with van der Waals surface area (Å²) < 4.78 is 70.7. The summed E-state index contributed by atoms with van der Waals surface area (Å²) in [6, 6.07) is 16.2. The number of fused-ring (bicyclic) bond motifs is 1. The van der Waals surface area contributed by atoms with Gasteiger partial charge in [-0.3, -0.25) is 19.3 Å². The summed E-state index contributed by atoms with van der Waals surface area (Å²) in [5.41, 5.74) is 7.58. The Labute approximate surface area is 250 Å². The van der Waals surface area contributed by atoms with Gasteiger partial charge in [-0.1, -0.05) is 55.5 Å². The first-order valence-corrected chi connectivity index (χ1v) is 14.1. The lowest BCUT2D eigenvalue weighted by atomic mass is 9.97. The van der Waals surface area contributed by atoms with E-state index in [1.54, 1.807) is 30.3 Å². The largest absolute Gasteiger partial charge is 0.389 e. The summed E-state index contributed by atoms with van der Waals surface area (Å²) in [6.07, 6.45) is -3.27. The Morgan fingerprint density at radius 1 is 1.02 bits per heavy atom. The molecule has 3 amide bonds. The van der Waals surface area contributed by atoms with Crippen LogP contribution < -0.4 is 16.0 Å². The van der Waals surface area contributed by atoms with Gasteiger partial charge in [-0.25, -0.2) is 4.99 Å². The van der Waals surface area contributed by atoms with Crippen molar-refractivity contribution in [1.29, 1.82) is 0 Å². The maximum atomic E-state index is 13.5. The van der Waals surface area contributed by atoms with Crippen LogP contribution >= 0.6 is 11.8 Å². The fraction of sp³-hybridized carbons (Fsp3) is 0.379. The van der Waals surface area contributed by atoms with Gasteiger partial charge in [0.1, 0.15) is 0 Å². The molecule has 1 aliphatic rings. The lowest BCUT2D eigenvalue weighted by Crippen LogP contribution is -2.49. The number of rotatable bonds is 9. The first-order valence-electron chi connectivity index (χ1n) is 12.7. The van der Waals surface area contributed by atoms with E-state index in [0.29, 0.717) is 22.5 Å². The molecule has 3 N–H and O–H groups in total. The summed E-state index contributed by atoms with van der Waals surface area (Å²) >= 11 is 1.38. The number of carbonyl (C=O) groups excluding carboxylic acids is 3. The van der Waals surface area contributed by atoms with Gasteiger partial charge >= 0.3 is 12.4 Å². The minimum Gasteiger partial charge on any atom is -0.370 e. The minimum atomic E-state index is -4.51. The second kappa shape index (κ2) is 17.2. The molecule has 0 saturated carbocycles. The van der Waals surface area contributed by atoms with Crippen molar-refractivity contribution >= 4 is 40.9 Å². The van der Waals surface area contributed by atoms with Crippen LogP contribution in [0.4, 0.5) is 32.0 Å². The number of halogens is 6. The molecule has 2 aromatic carbocycles. The van der Waals surface area contributed by atoms with Crippen molar-refractivity contribution in [1.82, 2.24) is 5.32 Å². The molecule has 0 radical (unpaired) electrons. The predicted octanol–water partition coefficient (Wildman–Crippen LogP) is 5.68. The molecule has 14 heteroatoms. The highest BCUT2D eigenvalue weighted by Crippen LogP contribution is 2.30. The summed E-state index contributed by atoms with van der Waals surface area (Å²) in [5, 5.41) is 2.47. The molecule has 0 aromatic heterocycles. The molecule has 0 aliphatic carbocycles. The molecule has 1 aliphatic heterocycles. The number of alkyl halides is 6. The average molecular weight is 631 g/mol. The second-order valence-corrected chi connectivity index (χ2v) is 9.78. The maximum Gasteiger partial charge on any atom is 0.389 e. The zero-order chi connectivity index (χ0) is 32.8. The lowest BCUT2D eigenvalue weighted by Gasteiger charge is -2.25. The highest BCUT2D eigenvalue weighted by molar-refractivity contribution is 7.98. The first-order chi connectivity index (χ1) is 20.2. The third kappa shape index (κ3) is 12.4. The van der Waals surface area contributed by atoms with Gasteiger partial charge in [-0.2, -0.15) is 26.3 Å². The van der Waals surface area contributed by atoms with Crippen LogP contribution in [0.25, 0.3) is 0 Å². The van der Waals surface area contributed by atoms with Gasteiger partial charge < -0.3 is 11.1 Å². The van der Waals surface area contributed by atoms with Crippen LogP contribution in [-0.4, -0.2) is 54.1 Å². The normalized spacial score (nSPS) is 15.3. The van der Waals surface area contributed by atoms with E-state index in [0.717, 1.165) is 6.92 Å². The molecule has 2 aromatic rings. The molecule has 7 nitrogen and oxygen atoms in total. The lowest BCUT2D eigenvalue weighted by molar-refractivity contribution is -0.143. The number of hydrogen-bond acceptors (Lipinski definition) is 5. The molecular formula is C29H32F6N4O3S. The van der Waals surface area contributed by atoms with Crippen LogP contribution in [0.1, 0.15) is 43.7 Å². The molecule has 0 bridgehead atoms. The zero-order valence-corrected chi connectivity index (χ0v) is 24.2. The number of anilines is 1. The number of para-hydroxylation sites is 1. The van der Waals surface area contributed by atoms with Gasteiger partial charge in [0.05, 0.1) is 17.3 Å². The van der Waals surface area contributed by atoms with Gasteiger partial charge in [-0.15, -0.1) is 24.6 Å². The number of nitrogens with two attached hydrogens (primary N) is 1. The second-order valence-electron chi connectivity index (χ2n) is 8.95. The Kier molecular flexibility index (Phi) is 14.8. The summed E-state index contributed by atoms with van der Waals surface area (Å²) in [7, 11) is 0. The number of nitrogens with zero attached hydrogens (tertiary/aromatic N) is 2. The molecule has 0 saturated heterocycles. The number of aliphatic imine (C=N–C) groups is 1. The van der Waals surface area contributed by atoms with Crippen molar-refractivity contribution in [3.05, 3.63) is 65.7 Å². The summed E-state index contributed by atoms with van der Waals surface area (Å²) in [6.45, 7) is 1.08. The van der Waals surface area contributed by atoms with Crippen LogP contribution in [-0.2, 0) is 14.4 Å². The summed E-state index contributed by atoms with van der Waals surface area (Å²) in [4.78, 5) is 43.9. The number of nitrogens with one attached hydrogen (secondary N) is 1. The molecule has 0 fully saturated rings. The first kappa shape index (κ1) is 37.0. The number of benzene rings is 2. The van der Waals surface area contributed by atoms with E-state index >= 15 is 0 Å². The molecule has 234 valence electrons. The molecule has 2 atom stereocenters. The molecule has 1 heterocycles. The van der Waals surface area contributed by atoms with E-state index < -0.39 is 67.8 Å². The van der Waals surface area contributed by atoms with Gasteiger partial charge in [0.25, 0.3) is 5.91 Å². The van der Waals surface area contributed by atoms with Crippen LogP contribution in [0.2, 0.25) is 0 Å². The maximum absolute atomic E-state index is 13.5. The Morgan fingerprint density at radius 2 is 1.58 bits per heavy atom. The topological polar surface area (TPSA) is 105 Å². The van der Waals surface area contributed by atoms with Gasteiger partial charge in [-0.05, 0) is 18.7 Å². The average Bonchev–Trinajstić information content (AvgIpc) is 3.07. The van der Waals surface area contributed by atoms with E-state index in [2.05, 4.69) is 23.2 Å². The molecule has 0 unspecified atom stereocenters. The molecular weight excluding hydrogens is 598 g/mol. The van der Waals surface area contributed by atoms with Gasteiger partial charge in [0.2, 0.25) is 18.0 Å². The quantitative estimate of drug-likeness (QED) is 0.275. The standard InChI is InChI=1S/C24H25F3N4O3S.C3H5F3.C2H2/c1-35-14-31-18-10-6-5-9-17(18)20(15-7-3-2-4-8-15)29-21(23(31)34)30-22(33)16(13-19(28)32)11-12-24(25,26)27;1-2-3(4,5)6;1-2/h2-10,16,21H,11-14H2,1H3,(H2,28,32)(H,30,33);2H2,1H3;1-2H/t16-,21-;;/m1../s1. The van der Waals surface area contributed by atoms with E-state index in [-0.39, 0.29) is 5.88 Å². The van der Waals surface area contributed by atoms with Gasteiger partial charge in [0.15, 0.2) is 0 Å². The van der Waals surface area contributed by atoms with E-state index in [4.69, 9.17) is 5.73 Å². The smallest absolute Gasteiger partial charge is 0.370 e. The van der Waals surface area contributed by atoms with E-state index in [1.807, 2.05) is 30.5 Å². The SMILES string of the molecule is C#C.CCC(F)(F)F.CSCN1C(=O)[C@@H](NC(=O)[C@H](CCC(F)(F)F)CC(N)=O)N=C(c2ccccc2)c2ccccc21. The third-order valence-electron chi connectivity index (χ3n) is 5.79. The van der Waals surface area contributed by atoms with Crippen molar-refractivity contribution in [2.75, 3.05) is 17.0 Å². The Hall–Kier alpha value is -3.99. The Balaban J connectivity index is 0.00000103. The highest BCUT2D eigenvalue weighted by atomic mass is 32.2. The van der Waals surface area contributed by atoms with E-state index in [9.17, 15) is 40.7 Å². The van der Waals surface area contributed by atoms with E-state index in [1.165, 1.54) is 16.7 Å². The third-order valence-corrected chi connectivity index (χ3v) is 6.30. The Morgan fingerprint density at radius 3 is 2.09 bits per heavy atom. The number of amides is 3. The fourth-order valence-electron chi connectivity index (χ4n) is 3.77. The van der Waals surface area contributed by atoms with Crippen LogP contribution in [0.3, 0.4) is 0 Å². The summed E-state index contributed by atoms with van der Waals surface area (Å²) in [5.74, 6) is -3.43. The van der Waals surface area contributed by atoms with Crippen LogP contribution in [0.15, 0.2) is 59.6 Å². The number of primary amides is 1. The molecule has 0 spiro atoms.